The summed E-state index contributed by atoms with van der Waals surface area (Å²) in [6, 6.07) is 12.2. The van der Waals surface area contributed by atoms with Crippen molar-refractivity contribution in [1.29, 1.82) is 0 Å². The van der Waals surface area contributed by atoms with E-state index >= 15 is 0 Å². The molecule has 128 valence electrons. The van der Waals surface area contributed by atoms with E-state index < -0.39 is 11.6 Å². The number of halogens is 1. The predicted molar refractivity (Wildman–Crippen MR) is 98.1 cm³/mol. The van der Waals surface area contributed by atoms with Crippen LogP contribution in [-0.4, -0.2) is 12.6 Å². The lowest BCUT2D eigenvalue weighted by atomic mass is 10.1. The van der Waals surface area contributed by atoms with E-state index in [2.05, 4.69) is 15.9 Å². The van der Waals surface area contributed by atoms with Crippen LogP contribution in [-0.2, 0) is 4.79 Å². The van der Waals surface area contributed by atoms with Gasteiger partial charge in [0.05, 0.1) is 16.6 Å². The molecule has 0 N–H and O–H groups in total. The minimum Gasteiger partial charge on any atom is -0.494 e. The molecule has 3 aromatic rings. The molecular weight excluding hydrogens is 388 g/mol. The Hall–Kier alpha value is -2.60. The Balaban J connectivity index is 2.10. The van der Waals surface area contributed by atoms with E-state index in [4.69, 9.17) is 13.9 Å². The molecule has 0 fully saturated rings. The molecule has 0 saturated heterocycles. The molecule has 6 heteroatoms. The number of hydrogen-bond acceptors (Lipinski definition) is 5. The third-order valence-corrected chi connectivity index (χ3v) is 4.09. The monoisotopic (exact) mass is 402 g/mol. The first-order chi connectivity index (χ1) is 12.0. The summed E-state index contributed by atoms with van der Waals surface area (Å²) in [6.45, 7) is 3.81. The fraction of sp³-hybridized carbons (Fsp3) is 0.158. The summed E-state index contributed by atoms with van der Waals surface area (Å²) >= 11 is 3.34. The maximum Gasteiger partial charge on any atom is 0.344 e. The topological polar surface area (TPSA) is 65.7 Å². The Morgan fingerprint density at radius 3 is 2.48 bits per heavy atom. The van der Waals surface area contributed by atoms with E-state index in [1.165, 1.54) is 6.92 Å². The van der Waals surface area contributed by atoms with Gasteiger partial charge in [-0.25, -0.2) is 4.79 Å². The lowest BCUT2D eigenvalue weighted by Crippen LogP contribution is -2.04. The van der Waals surface area contributed by atoms with Crippen LogP contribution in [0.5, 0.6) is 11.5 Å². The summed E-state index contributed by atoms with van der Waals surface area (Å²) in [4.78, 5) is 23.5. The molecule has 0 spiro atoms. The van der Waals surface area contributed by atoms with Crippen molar-refractivity contribution in [3.05, 3.63) is 57.4 Å². The summed E-state index contributed by atoms with van der Waals surface area (Å²) in [5.41, 5.74) is 1.09. The molecule has 3 rings (SSSR count). The molecule has 2 aromatic carbocycles. The molecular formula is C19H15BrO5. The zero-order valence-corrected chi connectivity index (χ0v) is 15.3. The zero-order valence-electron chi connectivity index (χ0n) is 13.7. The van der Waals surface area contributed by atoms with Gasteiger partial charge in [0.2, 0.25) is 0 Å². The molecule has 0 saturated carbocycles. The Labute approximate surface area is 152 Å². The van der Waals surface area contributed by atoms with Crippen molar-refractivity contribution in [1.82, 2.24) is 0 Å². The molecule has 25 heavy (non-hydrogen) atoms. The van der Waals surface area contributed by atoms with Crippen molar-refractivity contribution in [2.24, 2.45) is 0 Å². The fourth-order valence-corrected chi connectivity index (χ4v) is 3.02. The highest BCUT2D eigenvalue weighted by Crippen LogP contribution is 2.31. The Morgan fingerprint density at radius 2 is 1.84 bits per heavy atom. The Morgan fingerprint density at radius 1 is 1.12 bits per heavy atom. The highest BCUT2D eigenvalue weighted by molar-refractivity contribution is 9.10. The second-order valence-electron chi connectivity index (χ2n) is 5.32. The molecule has 0 amide bonds. The number of fused-ring (bicyclic) bond motifs is 1. The van der Waals surface area contributed by atoms with Crippen LogP contribution < -0.4 is 15.1 Å². The molecule has 0 aliphatic heterocycles. The summed E-state index contributed by atoms with van der Waals surface area (Å²) in [6.07, 6.45) is 0. The van der Waals surface area contributed by atoms with E-state index in [1.54, 1.807) is 42.5 Å². The van der Waals surface area contributed by atoms with E-state index in [9.17, 15) is 9.59 Å². The number of hydrogen-bond donors (Lipinski definition) is 0. The summed E-state index contributed by atoms with van der Waals surface area (Å²) < 4.78 is 16.5. The average molecular weight is 403 g/mol. The SMILES string of the molecule is CCOc1ccc(-c2cc3cc(OC(C)=O)cc(Br)c3oc2=O)cc1. The second kappa shape index (κ2) is 7.11. The molecule has 0 aliphatic rings. The van der Waals surface area contributed by atoms with E-state index in [1.807, 2.05) is 6.92 Å². The average Bonchev–Trinajstić information content (AvgIpc) is 2.56. The standard InChI is InChI=1S/C19H15BrO5/c1-3-23-14-6-4-12(5-7-14)16-9-13-8-15(24-11(2)21)10-17(20)18(13)25-19(16)22/h4-10H,3H2,1-2H3. The van der Waals surface area contributed by atoms with Gasteiger partial charge < -0.3 is 13.9 Å². The van der Waals surface area contributed by atoms with Crippen molar-refractivity contribution >= 4 is 32.9 Å². The van der Waals surface area contributed by atoms with Crippen LogP contribution in [0.4, 0.5) is 0 Å². The molecule has 0 unspecified atom stereocenters. The van der Waals surface area contributed by atoms with E-state index in [0.29, 0.717) is 38.9 Å². The van der Waals surface area contributed by atoms with Crippen LogP contribution >= 0.6 is 15.9 Å². The fourth-order valence-electron chi connectivity index (χ4n) is 2.49. The van der Waals surface area contributed by atoms with E-state index in [0.717, 1.165) is 5.75 Å². The number of ether oxygens (including phenoxy) is 2. The lowest BCUT2D eigenvalue weighted by molar-refractivity contribution is -0.131. The highest BCUT2D eigenvalue weighted by Gasteiger charge is 2.12. The minimum atomic E-state index is -0.447. The van der Waals surface area contributed by atoms with Gasteiger partial charge in [-0.2, -0.15) is 0 Å². The minimum absolute atomic E-state index is 0.373. The van der Waals surface area contributed by atoms with E-state index in [-0.39, 0.29) is 0 Å². The van der Waals surface area contributed by atoms with Crippen molar-refractivity contribution in [3.8, 4) is 22.6 Å². The van der Waals surface area contributed by atoms with Crippen molar-refractivity contribution in [3.63, 3.8) is 0 Å². The third kappa shape index (κ3) is 3.74. The molecule has 0 aliphatic carbocycles. The molecule has 5 nitrogen and oxygen atoms in total. The number of rotatable bonds is 4. The summed E-state index contributed by atoms with van der Waals surface area (Å²) in [5.74, 6) is 0.685. The number of benzene rings is 2. The van der Waals surface area contributed by atoms with Crippen molar-refractivity contribution in [2.45, 2.75) is 13.8 Å². The van der Waals surface area contributed by atoms with Gasteiger partial charge in [-0.15, -0.1) is 0 Å². The van der Waals surface area contributed by atoms with Gasteiger partial charge in [-0.3, -0.25) is 4.79 Å². The Bertz CT molecular complexity index is 989. The first-order valence-corrected chi connectivity index (χ1v) is 8.46. The van der Waals surface area contributed by atoms with Gasteiger partial charge in [0.25, 0.3) is 0 Å². The maximum absolute atomic E-state index is 12.4. The van der Waals surface area contributed by atoms with Crippen LogP contribution in [0.25, 0.3) is 22.1 Å². The van der Waals surface area contributed by atoms with Crippen LogP contribution in [0.3, 0.4) is 0 Å². The highest BCUT2D eigenvalue weighted by atomic mass is 79.9. The first kappa shape index (κ1) is 17.2. The number of carbonyl (C=O) groups is 1. The third-order valence-electron chi connectivity index (χ3n) is 3.50. The number of esters is 1. The van der Waals surface area contributed by atoms with Crippen molar-refractivity contribution in [2.75, 3.05) is 6.61 Å². The largest absolute Gasteiger partial charge is 0.494 e. The van der Waals surface area contributed by atoms with Gasteiger partial charge in [-0.05, 0) is 58.7 Å². The molecule has 1 aromatic heterocycles. The molecule has 0 radical (unpaired) electrons. The van der Waals surface area contributed by atoms with Crippen LogP contribution in [0, 0.1) is 0 Å². The Kier molecular flexibility index (Phi) is 4.90. The quantitative estimate of drug-likeness (QED) is 0.363. The normalized spacial score (nSPS) is 10.7. The van der Waals surface area contributed by atoms with Gasteiger partial charge in [0.1, 0.15) is 11.5 Å². The first-order valence-electron chi connectivity index (χ1n) is 7.67. The van der Waals surface area contributed by atoms with Crippen LogP contribution in [0.15, 0.2) is 56.1 Å². The zero-order chi connectivity index (χ0) is 18.0. The van der Waals surface area contributed by atoms with Crippen LogP contribution in [0.1, 0.15) is 13.8 Å². The van der Waals surface area contributed by atoms with Gasteiger partial charge in [-0.1, -0.05) is 12.1 Å². The number of carbonyl (C=O) groups excluding carboxylic acids is 1. The summed E-state index contributed by atoms with van der Waals surface area (Å²) in [5, 5.41) is 0.647. The van der Waals surface area contributed by atoms with Gasteiger partial charge in [0, 0.05) is 12.3 Å². The van der Waals surface area contributed by atoms with Crippen molar-refractivity contribution < 1.29 is 18.7 Å². The maximum atomic E-state index is 12.4. The second-order valence-corrected chi connectivity index (χ2v) is 6.18. The lowest BCUT2D eigenvalue weighted by Gasteiger charge is -2.08. The van der Waals surface area contributed by atoms with Gasteiger partial charge in [0.15, 0.2) is 5.58 Å². The molecule has 0 bridgehead atoms. The molecule has 1 heterocycles. The predicted octanol–water partition coefficient (Wildman–Crippen LogP) is 4.55. The smallest absolute Gasteiger partial charge is 0.344 e. The van der Waals surface area contributed by atoms with Gasteiger partial charge >= 0.3 is 11.6 Å². The molecule has 0 atom stereocenters. The summed E-state index contributed by atoms with van der Waals surface area (Å²) in [7, 11) is 0. The van der Waals surface area contributed by atoms with Crippen LogP contribution in [0.2, 0.25) is 0 Å².